The van der Waals surface area contributed by atoms with Crippen molar-refractivity contribution in [2.75, 3.05) is 13.1 Å². The first-order valence-corrected chi connectivity index (χ1v) is 7.79. The number of nitrogens with zero attached hydrogens (tertiary/aromatic N) is 3. The predicted octanol–water partition coefficient (Wildman–Crippen LogP) is 3.00. The highest BCUT2D eigenvalue weighted by Crippen LogP contribution is 2.28. The number of piperidine rings is 1. The summed E-state index contributed by atoms with van der Waals surface area (Å²) >= 11 is 0. The molecule has 1 aliphatic heterocycles. The molecule has 1 saturated heterocycles. The Morgan fingerprint density at radius 1 is 1.38 bits per heavy atom. The average molecular weight is 285 g/mol. The molecule has 1 unspecified atom stereocenters. The van der Waals surface area contributed by atoms with Crippen LogP contribution in [0.3, 0.4) is 0 Å². The fourth-order valence-corrected chi connectivity index (χ4v) is 3.27. The van der Waals surface area contributed by atoms with Crippen LogP contribution in [0.15, 0.2) is 24.4 Å². The van der Waals surface area contributed by atoms with Crippen LogP contribution in [0.2, 0.25) is 0 Å². The molecule has 3 heterocycles. The molecule has 4 nitrogen and oxygen atoms in total. The molecule has 2 aromatic heterocycles. The summed E-state index contributed by atoms with van der Waals surface area (Å²) in [5, 5.41) is 0. The monoisotopic (exact) mass is 285 g/mol. The van der Waals surface area contributed by atoms with Crippen LogP contribution in [-0.2, 0) is 4.79 Å². The number of carbonyl (C=O) groups excluding carboxylic acids is 1. The van der Waals surface area contributed by atoms with Crippen molar-refractivity contribution in [1.82, 2.24) is 14.3 Å². The number of rotatable bonds is 2. The molecule has 0 saturated carbocycles. The molecule has 0 radical (unpaired) electrons. The summed E-state index contributed by atoms with van der Waals surface area (Å²) in [4.78, 5) is 18.8. The molecule has 1 fully saturated rings. The Hall–Kier alpha value is -1.84. The minimum Gasteiger partial charge on any atom is -0.342 e. The van der Waals surface area contributed by atoms with Crippen molar-refractivity contribution in [3.63, 3.8) is 0 Å². The number of hydrogen-bond acceptors (Lipinski definition) is 2. The largest absolute Gasteiger partial charge is 0.342 e. The Morgan fingerprint density at radius 2 is 2.19 bits per heavy atom. The van der Waals surface area contributed by atoms with Crippen molar-refractivity contribution in [1.29, 1.82) is 0 Å². The number of aromatic nitrogens is 2. The van der Waals surface area contributed by atoms with Crippen molar-refractivity contribution in [2.24, 2.45) is 5.92 Å². The summed E-state index contributed by atoms with van der Waals surface area (Å²) in [6.45, 7) is 7.70. The fourth-order valence-electron chi connectivity index (χ4n) is 3.27. The molecular formula is C17H23N3O. The van der Waals surface area contributed by atoms with Gasteiger partial charge in [-0.2, -0.15) is 0 Å². The highest BCUT2D eigenvalue weighted by Gasteiger charge is 2.27. The normalized spacial score (nSPS) is 19.4. The zero-order chi connectivity index (χ0) is 15.0. The van der Waals surface area contributed by atoms with Gasteiger partial charge in [0.15, 0.2) is 0 Å². The van der Waals surface area contributed by atoms with Crippen LogP contribution in [0, 0.1) is 12.8 Å². The summed E-state index contributed by atoms with van der Waals surface area (Å²) in [5.41, 5.74) is 3.31. The molecule has 0 N–H and O–H groups in total. The Kier molecular flexibility index (Phi) is 3.70. The van der Waals surface area contributed by atoms with Gasteiger partial charge in [0.25, 0.3) is 0 Å². The third kappa shape index (κ3) is 2.67. The number of likely N-dealkylation sites (tertiary alicyclic amines) is 1. The van der Waals surface area contributed by atoms with Gasteiger partial charge >= 0.3 is 0 Å². The summed E-state index contributed by atoms with van der Waals surface area (Å²) in [5.74, 6) is 0.752. The van der Waals surface area contributed by atoms with Gasteiger partial charge < -0.3 is 9.30 Å². The van der Waals surface area contributed by atoms with Crippen molar-refractivity contribution in [3.05, 3.63) is 35.8 Å². The number of imidazole rings is 1. The summed E-state index contributed by atoms with van der Waals surface area (Å²) in [6.07, 6.45) is 4.30. The fraction of sp³-hybridized carbons (Fsp3) is 0.529. The topological polar surface area (TPSA) is 37.6 Å². The highest BCUT2D eigenvalue weighted by molar-refractivity contribution is 5.78. The lowest BCUT2D eigenvalue weighted by Crippen LogP contribution is -2.41. The van der Waals surface area contributed by atoms with Gasteiger partial charge in [-0.1, -0.05) is 19.9 Å². The van der Waals surface area contributed by atoms with E-state index in [1.54, 1.807) is 0 Å². The van der Waals surface area contributed by atoms with E-state index in [1.165, 1.54) is 5.69 Å². The van der Waals surface area contributed by atoms with Crippen LogP contribution in [0.25, 0.3) is 5.65 Å². The maximum absolute atomic E-state index is 12.2. The van der Waals surface area contributed by atoms with Crippen LogP contribution in [0.5, 0.6) is 0 Å². The third-order valence-corrected chi connectivity index (χ3v) is 4.29. The zero-order valence-corrected chi connectivity index (χ0v) is 13.0. The van der Waals surface area contributed by atoms with E-state index in [2.05, 4.69) is 27.7 Å². The van der Waals surface area contributed by atoms with Crippen molar-refractivity contribution in [3.8, 4) is 0 Å². The molecule has 0 spiro atoms. The molecule has 1 atom stereocenters. The number of hydrogen-bond donors (Lipinski definition) is 0. The molecule has 0 aliphatic carbocycles. The van der Waals surface area contributed by atoms with Gasteiger partial charge in [-0.05, 0) is 31.9 Å². The van der Waals surface area contributed by atoms with Crippen LogP contribution < -0.4 is 0 Å². The molecule has 2 aromatic rings. The molecule has 0 aromatic carbocycles. The van der Waals surface area contributed by atoms with Crippen LogP contribution in [0.1, 0.15) is 44.0 Å². The molecular weight excluding hydrogens is 262 g/mol. The van der Waals surface area contributed by atoms with Crippen molar-refractivity contribution < 1.29 is 4.79 Å². The van der Waals surface area contributed by atoms with E-state index < -0.39 is 0 Å². The minimum absolute atomic E-state index is 0.0787. The van der Waals surface area contributed by atoms with Gasteiger partial charge in [0.05, 0.1) is 5.69 Å². The number of amides is 1. The number of carbonyl (C=O) groups is 1. The van der Waals surface area contributed by atoms with E-state index in [0.29, 0.717) is 5.92 Å². The Morgan fingerprint density at radius 3 is 2.95 bits per heavy atom. The van der Waals surface area contributed by atoms with Crippen LogP contribution >= 0.6 is 0 Å². The van der Waals surface area contributed by atoms with E-state index in [0.717, 1.165) is 37.3 Å². The van der Waals surface area contributed by atoms with Crippen molar-refractivity contribution >= 4 is 11.6 Å². The van der Waals surface area contributed by atoms with Crippen LogP contribution in [-0.4, -0.2) is 33.3 Å². The molecule has 4 heteroatoms. The second-order valence-electron chi connectivity index (χ2n) is 6.34. The molecule has 21 heavy (non-hydrogen) atoms. The Bertz CT molecular complexity index is 659. The SMILES string of the molecule is Cc1cn2c(C3CCCN(C(=O)C(C)C)C3)cccc2n1. The maximum Gasteiger partial charge on any atom is 0.225 e. The van der Waals surface area contributed by atoms with E-state index in [-0.39, 0.29) is 11.8 Å². The van der Waals surface area contributed by atoms with Crippen LogP contribution in [0.4, 0.5) is 0 Å². The Balaban J connectivity index is 1.90. The van der Waals surface area contributed by atoms with Gasteiger partial charge in [-0.25, -0.2) is 4.98 Å². The number of fused-ring (bicyclic) bond motifs is 1. The summed E-state index contributed by atoms with van der Waals surface area (Å²) in [6, 6.07) is 6.28. The third-order valence-electron chi connectivity index (χ3n) is 4.29. The van der Waals surface area contributed by atoms with E-state index in [1.807, 2.05) is 31.7 Å². The summed E-state index contributed by atoms with van der Waals surface area (Å²) < 4.78 is 2.18. The lowest BCUT2D eigenvalue weighted by atomic mass is 9.93. The van der Waals surface area contributed by atoms with E-state index >= 15 is 0 Å². The van der Waals surface area contributed by atoms with Gasteiger partial charge in [-0.15, -0.1) is 0 Å². The molecule has 1 amide bonds. The van der Waals surface area contributed by atoms with E-state index in [4.69, 9.17) is 0 Å². The van der Waals surface area contributed by atoms with Crippen molar-refractivity contribution in [2.45, 2.75) is 39.5 Å². The molecule has 3 rings (SSSR count). The van der Waals surface area contributed by atoms with Gasteiger partial charge in [0, 0.05) is 36.8 Å². The maximum atomic E-state index is 12.2. The highest BCUT2D eigenvalue weighted by atomic mass is 16.2. The smallest absolute Gasteiger partial charge is 0.225 e. The minimum atomic E-state index is 0.0787. The second-order valence-corrected chi connectivity index (χ2v) is 6.34. The number of pyridine rings is 1. The van der Waals surface area contributed by atoms with Gasteiger partial charge in [0.2, 0.25) is 5.91 Å². The average Bonchev–Trinajstić information content (AvgIpc) is 2.86. The zero-order valence-electron chi connectivity index (χ0n) is 13.0. The Labute approximate surface area is 125 Å². The first-order chi connectivity index (χ1) is 10.1. The van der Waals surface area contributed by atoms with Gasteiger partial charge in [0.1, 0.15) is 5.65 Å². The molecule has 0 bridgehead atoms. The predicted molar refractivity (Wildman–Crippen MR) is 83.3 cm³/mol. The second kappa shape index (κ2) is 5.51. The first-order valence-electron chi connectivity index (χ1n) is 7.79. The van der Waals surface area contributed by atoms with E-state index in [9.17, 15) is 4.79 Å². The molecule has 1 aliphatic rings. The number of aryl methyl sites for hydroxylation is 1. The quantitative estimate of drug-likeness (QED) is 0.850. The standard InChI is InChI=1S/C17H23N3O/c1-12(2)17(21)19-9-5-6-14(11-19)15-7-4-8-16-18-13(3)10-20(15)16/h4,7-8,10,12,14H,5-6,9,11H2,1-3H3. The molecule has 112 valence electrons. The summed E-state index contributed by atoms with van der Waals surface area (Å²) in [7, 11) is 0. The van der Waals surface area contributed by atoms with Gasteiger partial charge in [-0.3, -0.25) is 4.79 Å². The lowest BCUT2D eigenvalue weighted by Gasteiger charge is -2.34. The lowest BCUT2D eigenvalue weighted by molar-refractivity contribution is -0.135. The first kappa shape index (κ1) is 14.1.